The molecule has 0 aliphatic carbocycles. The Bertz CT molecular complexity index is 559. The summed E-state index contributed by atoms with van der Waals surface area (Å²) >= 11 is 0. The second-order valence-electron chi connectivity index (χ2n) is 7.35. The lowest BCUT2D eigenvalue weighted by Gasteiger charge is -2.36. The highest BCUT2D eigenvalue weighted by atomic mass is 16.5. The first-order valence-electron chi connectivity index (χ1n) is 9.32. The van der Waals surface area contributed by atoms with Gasteiger partial charge in [-0.2, -0.15) is 0 Å². The zero-order valence-corrected chi connectivity index (χ0v) is 15.0. The van der Waals surface area contributed by atoms with E-state index in [0.29, 0.717) is 5.56 Å². The number of esters is 1. The standard InChI is InChI=1S/C20H30N2O2/c1-15-13-18(3-4-19(15)20(23)24-2)22-11-7-17(8-12-22)14-16-5-9-21-10-6-16/h3-4,13,16-17,21H,5-12,14H2,1-2H3. The minimum absolute atomic E-state index is 0.250. The van der Waals surface area contributed by atoms with Gasteiger partial charge in [-0.05, 0) is 87.7 Å². The van der Waals surface area contributed by atoms with Crippen LogP contribution in [0.1, 0.15) is 48.0 Å². The van der Waals surface area contributed by atoms with Crippen LogP contribution in [0.4, 0.5) is 5.69 Å². The van der Waals surface area contributed by atoms with Crippen molar-refractivity contribution >= 4 is 11.7 Å². The third-order valence-corrected chi connectivity index (χ3v) is 5.72. The Hall–Kier alpha value is -1.55. The van der Waals surface area contributed by atoms with E-state index in [0.717, 1.165) is 30.5 Å². The molecule has 0 atom stereocenters. The lowest BCUT2D eigenvalue weighted by atomic mass is 9.83. The molecule has 24 heavy (non-hydrogen) atoms. The molecule has 0 unspecified atom stereocenters. The molecule has 3 rings (SSSR count). The van der Waals surface area contributed by atoms with Crippen molar-refractivity contribution < 1.29 is 9.53 Å². The predicted molar refractivity (Wildman–Crippen MR) is 97.7 cm³/mol. The summed E-state index contributed by atoms with van der Waals surface area (Å²) in [5, 5.41) is 3.46. The first-order chi connectivity index (χ1) is 11.7. The number of carbonyl (C=O) groups excluding carboxylic acids is 1. The maximum absolute atomic E-state index is 11.7. The largest absolute Gasteiger partial charge is 0.465 e. The van der Waals surface area contributed by atoms with Crippen LogP contribution in [0.15, 0.2) is 18.2 Å². The van der Waals surface area contributed by atoms with Crippen LogP contribution in [-0.2, 0) is 4.74 Å². The molecule has 0 amide bonds. The molecule has 0 spiro atoms. The normalized spacial score (nSPS) is 20.2. The van der Waals surface area contributed by atoms with Crippen molar-refractivity contribution in [3.8, 4) is 0 Å². The Balaban J connectivity index is 1.54. The van der Waals surface area contributed by atoms with E-state index in [1.54, 1.807) is 0 Å². The van der Waals surface area contributed by atoms with E-state index >= 15 is 0 Å². The van der Waals surface area contributed by atoms with Gasteiger partial charge in [0, 0.05) is 18.8 Å². The topological polar surface area (TPSA) is 41.6 Å². The highest BCUT2D eigenvalue weighted by Crippen LogP contribution is 2.31. The molecule has 4 heteroatoms. The van der Waals surface area contributed by atoms with E-state index in [-0.39, 0.29) is 5.97 Å². The van der Waals surface area contributed by atoms with Crippen molar-refractivity contribution in [2.24, 2.45) is 11.8 Å². The number of piperidine rings is 2. The average molecular weight is 330 g/mol. The van der Waals surface area contributed by atoms with Crippen LogP contribution in [0.2, 0.25) is 0 Å². The molecule has 1 aromatic carbocycles. The summed E-state index contributed by atoms with van der Waals surface area (Å²) in [6, 6.07) is 6.09. The van der Waals surface area contributed by atoms with Gasteiger partial charge in [0.05, 0.1) is 12.7 Å². The molecule has 1 aromatic rings. The Morgan fingerprint density at radius 1 is 1.17 bits per heavy atom. The number of nitrogens with one attached hydrogen (secondary N) is 1. The number of nitrogens with zero attached hydrogens (tertiary/aromatic N) is 1. The molecule has 0 aromatic heterocycles. The fourth-order valence-corrected chi connectivity index (χ4v) is 4.20. The number of aryl methyl sites for hydroxylation is 1. The smallest absolute Gasteiger partial charge is 0.338 e. The maximum Gasteiger partial charge on any atom is 0.338 e. The number of hydrogen-bond donors (Lipinski definition) is 1. The van der Waals surface area contributed by atoms with E-state index in [2.05, 4.69) is 22.3 Å². The fourth-order valence-electron chi connectivity index (χ4n) is 4.20. The summed E-state index contributed by atoms with van der Waals surface area (Å²) < 4.78 is 4.83. The van der Waals surface area contributed by atoms with E-state index < -0.39 is 0 Å². The monoisotopic (exact) mass is 330 g/mol. The molecule has 2 heterocycles. The van der Waals surface area contributed by atoms with Crippen molar-refractivity contribution in [2.75, 3.05) is 38.2 Å². The molecular formula is C20H30N2O2. The Morgan fingerprint density at radius 3 is 2.46 bits per heavy atom. The van der Waals surface area contributed by atoms with Crippen molar-refractivity contribution in [1.29, 1.82) is 0 Å². The second-order valence-corrected chi connectivity index (χ2v) is 7.35. The lowest BCUT2D eigenvalue weighted by molar-refractivity contribution is 0.0600. The molecule has 2 fully saturated rings. The SMILES string of the molecule is COC(=O)c1ccc(N2CCC(CC3CCNCC3)CC2)cc1C. The van der Waals surface area contributed by atoms with Gasteiger partial charge in [-0.3, -0.25) is 0 Å². The van der Waals surface area contributed by atoms with Crippen molar-refractivity contribution in [2.45, 2.75) is 39.0 Å². The minimum atomic E-state index is -0.250. The Morgan fingerprint density at radius 2 is 1.83 bits per heavy atom. The molecule has 2 aliphatic heterocycles. The van der Waals surface area contributed by atoms with Gasteiger partial charge in [0.1, 0.15) is 0 Å². The molecule has 132 valence electrons. The van der Waals surface area contributed by atoms with Crippen LogP contribution in [0.25, 0.3) is 0 Å². The number of anilines is 1. The number of methoxy groups -OCH3 is 1. The van der Waals surface area contributed by atoms with Crippen molar-refractivity contribution in [3.05, 3.63) is 29.3 Å². The van der Waals surface area contributed by atoms with Crippen LogP contribution < -0.4 is 10.2 Å². The van der Waals surface area contributed by atoms with Gasteiger partial charge in [0.15, 0.2) is 0 Å². The van der Waals surface area contributed by atoms with Crippen molar-refractivity contribution in [3.63, 3.8) is 0 Å². The third-order valence-electron chi connectivity index (χ3n) is 5.72. The van der Waals surface area contributed by atoms with Gasteiger partial charge >= 0.3 is 5.97 Å². The highest BCUT2D eigenvalue weighted by Gasteiger charge is 2.24. The van der Waals surface area contributed by atoms with Gasteiger partial charge in [-0.15, -0.1) is 0 Å². The summed E-state index contributed by atoms with van der Waals surface area (Å²) in [7, 11) is 1.43. The molecule has 0 saturated carbocycles. The van der Waals surface area contributed by atoms with Crippen LogP contribution >= 0.6 is 0 Å². The summed E-state index contributed by atoms with van der Waals surface area (Å²) in [5.41, 5.74) is 2.90. The first-order valence-corrected chi connectivity index (χ1v) is 9.32. The average Bonchev–Trinajstić information content (AvgIpc) is 2.62. The quantitative estimate of drug-likeness (QED) is 0.859. The number of benzene rings is 1. The van der Waals surface area contributed by atoms with E-state index in [4.69, 9.17) is 4.74 Å². The predicted octanol–water partition coefficient (Wildman–Crippen LogP) is 3.39. The summed E-state index contributed by atoms with van der Waals surface area (Å²) in [4.78, 5) is 14.2. The minimum Gasteiger partial charge on any atom is -0.465 e. The fraction of sp³-hybridized carbons (Fsp3) is 0.650. The molecule has 0 bridgehead atoms. The van der Waals surface area contributed by atoms with E-state index in [1.165, 1.54) is 58.0 Å². The summed E-state index contributed by atoms with van der Waals surface area (Å²) in [6.07, 6.45) is 6.71. The van der Waals surface area contributed by atoms with Crippen LogP contribution in [0.5, 0.6) is 0 Å². The molecule has 2 saturated heterocycles. The third kappa shape index (κ3) is 4.10. The first kappa shape index (κ1) is 17.3. The molecule has 0 radical (unpaired) electrons. The second kappa shape index (κ2) is 8.02. The maximum atomic E-state index is 11.7. The van der Waals surface area contributed by atoms with Crippen LogP contribution in [-0.4, -0.2) is 39.3 Å². The Labute approximate surface area is 145 Å². The molecule has 4 nitrogen and oxygen atoms in total. The van der Waals surface area contributed by atoms with Crippen molar-refractivity contribution in [1.82, 2.24) is 5.32 Å². The number of ether oxygens (including phenoxy) is 1. The zero-order valence-electron chi connectivity index (χ0n) is 15.0. The number of carbonyl (C=O) groups is 1. The molecular weight excluding hydrogens is 300 g/mol. The summed E-state index contributed by atoms with van der Waals surface area (Å²) in [6.45, 7) is 6.66. The van der Waals surface area contributed by atoms with Gasteiger partial charge in [-0.1, -0.05) is 0 Å². The number of hydrogen-bond acceptors (Lipinski definition) is 4. The molecule has 1 N–H and O–H groups in total. The van der Waals surface area contributed by atoms with Gasteiger partial charge in [-0.25, -0.2) is 4.79 Å². The number of rotatable bonds is 4. The molecule has 2 aliphatic rings. The summed E-state index contributed by atoms with van der Waals surface area (Å²) in [5.74, 6) is 1.57. The lowest BCUT2D eigenvalue weighted by Crippen LogP contribution is -2.35. The Kier molecular flexibility index (Phi) is 5.77. The van der Waals surface area contributed by atoms with Crippen LogP contribution in [0.3, 0.4) is 0 Å². The zero-order chi connectivity index (χ0) is 16.9. The van der Waals surface area contributed by atoms with Gasteiger partial charge in [0.2, 0.25) is 0 Å². The van der Waals surface area contributed by atoms with Crippen LogP contribution in [0, 0.1) is 18.8 Å². The van der Waals surface area contributed by atoms with E-state index in [9.17, 15) is 4.79 Å². The van der Waals surface area contributed by atoms with E-state index in [1.807, 2.05) is 13.0 Å². The highest BCUT2D eigenvalue weighted by molar-refractivity contribution is 5.91. The van der Waals surface area contributed by atoms with Gasteiger partial charge < -0.3 is 15.0 Å². The van der Waals surface area contributed by atoms with Gasteiger partial charge in [0.25, 0.3) is 0 Å².